The Morgan fingerprint density at radius 3 is 1.28 bits per heavy atom. The van der Waals surface area contributed by atoms with Gasteiger partial charge in [0.1, 0.15) is 18.1 Å². The summed E-state index contributed by atoms with van der Waals surface area (Å²) in [5.74, 6) is -8.16. The van der Waals surface area contributed by atoms with Crippen molar-refractivity contribution >= 4 is 59.5 Å². The molecule has 1 aliphatic rings. The normalized spacial score (nSPS) is 20.0. The molecule has 22 nitrogen and oxygen atoms in total. The molecular formula is C30H49FeN9O13Y-2. The minimum atomic E-state index is -1.60. The van der Waals surface area contributed by atoms with Crippen molar-refractivity contribution in [2.75, 3.05) is 32.7 Å². The molecule has 0 aromatic carbocycles. The molecule has 1 rings (SSSR count). The number of nitrogens with one attached hydrogen (secondary N) is 6. The van der Waals surface area contributed by atoms with Crippen molar-refractivity contribution < 1.29 is 113 Å². The number of hydroxylamine groups is 6. The second kappa shape index (κ2) is 27.1. The van der Waals surface area contributed by atoms with Crippen LogP contribution in [0.4, 0.5) is 0 Å². The number of nitrogens with zero attached hydrogens (tertiary/aromatic N) is 3. The Bertz CT molecular complexity index is 1310. The SMILES string of the molecule is CC(C)(C)[C-]=O.[CH2-]C1NC(=O)CNC(=O)[C@H](CCN(O)C(C)=O)NC(=O)[C@H](CCN(O)C(C)=O)NC(=O)[C@H](CCN(O)C(C)=O)NC(=O)CNC1=O.[Fe].[Y]. The molecule has 1 saturated heterocycles. The largest absolute Gasteiger partial charge is 0.541 e. The summed E-state index contributed by atoms with van der Waals surface area (Å²) in [5, 5.41) is 43.7. The average Bonchev–Trinajstić information content (AvgIpc) is 3.06. The zero-order valence-corrected chi connectivity index (χ0v) is 34.8. The summed E-state index contributed by atoms with van der Waals surface area (Å²) in [6.07, 6.45) is 0.621. The number of rotatable bonds is 9. The molecule has 1 heterocycles. The minimum absolute atomic E-state index is 0. The Morgan fingerprint density at radius 2 is 0.944 bits per heavy atom. The first kappa shape index (κ1) is 54.7. The molecule has 1 fully saturated rings. The molecule has 4 atom stereocenters. The maximum absolute atomic E-state index is 13.4. The van der Waals surface area contributed by atoms with Gasteiger partial charge >= 0.3 is 0 Å². The number of hydrogen-bond donors (Lipinski definition) is 9. The van der Waals surface area contributed by atoms with Crippen molar-refractivity contribution in [1.29, 1.82) is 0 Å². The van der Waals surface area contributed by atoms with Gasteiger partial charge in [-0.05, 0) is 25.3 Å². The first-order chi connectivity index (χ1) is 24.0. The van der Waals surface area contributed by atoms with Gasteiger partial charge in [-0.25, -0.2) is 15.2 Å². The van der Waals surface area contributed by atoms with Crippen LogP contribution in [0.1, 0.15) is 60.8 Å². The second-order valence-corrected chi connectivity index (χ2v) is 12.4. The zero-order valence-electron chi connectivity index (χ0n) is 30.9. The van der Waals surface area contributed by atoms with Crippen molar-refractivity contribution in [3.05, 3.63) is 6.92 Å². The Balaban J connectivity index is -0.00000299. The molecule has 0 saturated carbocycles. The summed E-state index contributed by atoms with van der Waals surface area (Å²) in [7, 11) is 0. The Morgan fingerprint density at radius 1 is 0.648 bits per heavy atom. The van der Waals surface area contributed by atoms with Gasteiger partial charge in [-0.1, -0.05) is 20.8 Å². The summed E-state index contributed by atoms with van der Waals surface area (Å²) >= 11 is 0. The molecule has 1 radical (unpaired) electrons. The van der Waals surface area contributed by atoms with Crippen LogP contribution in [0.2, 0.25) is 0 Å². The van der Waals surface area contributed by atoms with E-state index in [-0.39, 0.29) is 70.4 Å². The molecule has 1 aliphatic heterocycles. The van der Waals surface area contributed by atoms with Crippen LogP contribution >= 0.6 is 0 Å². The van der Waals surface area contributed by atoms with Crippen molar-refractivity contribution in [2.45, 2.75) is 85.0 Å². The van der Waals surface area contributed by atoms with E-state index in [9.17, 15) is 63.6 Å². The predicted octanol–water partition coefficient (Wildman–Crippen LogP) is -3.97. The van der Waals surface area contributed by atoms with E-state index in [4.69, 9.17) is 0 Å². The van der Waals surface area contributed by atoms with Crippen LogP contribution in [0.15, 0.2) is 0 Å². The first-order valence-corrected chi connectivity index (χ1v) is 15.9. The van der Waals surface area contributed by atoms with Crippen molar-refractivity contribution in [3.8, 4) is 0 Å². The van der Waals surface area contributed by atoms with E-state index in [0.29, 0.717) is 0 Å². The van der Waals surface area contributed by atoms with Gasteiger partial charge in [0.2, 0.25) is 53.2 Å². The molecule has 0 spiro atoms. The van der Waals surface area contributed by atoms with Gasteiger partial charge in [0.15, 0.2) is 0 Å². The average molecular weight is 889 g/mol. The summed E-state index contributed by atoms with van der Waals surface area (Å²) in [6.45, 7) is 9.15. The van der Waals surface area contributed by atoms with E-state index >= 15 is 0 Å². The summed E-state index contributed by atoms with van der Waals surface area (Å²) in [4.78, 5) is 121. The van der Waals surface area contributed by atoms with Crippen LogP contribution < -0.4 is 31.9 Å². The molecule has 0 bridgehead atoms. The monoisotopic (exact) mass is 888 g/mol. The Labute approximate surface area is 348 Å². The van der Waals surface area contributed by atoms with Crippen LogP contribution in [0.3, 0.4) is 0 Å². The third-order valence-corrected chi connectivity index (χ3v) is 6.70. The smallest absolute Gasteiger partial charge is 0.243 e. The molecule has 9 N–H and O–H groups in total. The fourth-order valence-corrected chi connectivity index (χ4v) is 3.72. The first-order valence-electron chi connectivity index (χ1n) is 15.9. The number of hydrogen-bond acceptors (Lipinski definition) is 13. The molecule has 54 heavy (non-hydrogen) atoms. The van der Waals surface area contributed by atoms with Gasteiger partial charge < -0.3 is 43.6 Å². The molecule has 0 aromatic heterocycles. The summed E-state index contributed by atoms with van der Waals surface area (Å²) in [5.41, 5.74) is -0.264. The van der Waals surface area contributed by atoms with Gasteiger partial charge in [0, 0.05) is 70.5 Å². The Kier molecular flexibility index (Phi) is 27.4. The quantitative estimate of drug-likeness (QED) is 0.0463. The van der Waals surface area contributed by atoms with Gasteiger partial charge in [-0.2, -0.15) is 0 Å². The summed E-state index contributed by atoms with van der Waals surface area (Å²) < 4.78 is 0. The fraction of sp³-hybridized carbons (Fsp3) is 0.633. The van der Waals surface area contributed by atoms with Crippen LogP contribution in [0, 0.1) is 12.3 Å². The van der Waals surface area contributed by atoms with E-state index in [0.717, 1.165) is 20.8 Å². The second-order valence-electron chi connectivity index (χ2n) is 12.4. The maximum Gasteiger partial charge on any atom is 0.243 e. The van der Waals surface area contributed by atoms with E-state index in [2.05, 4.69) is 38.8 Å². The maximum atomic E-state index is 13.4. The van der Waals surface area contributed by atoms with Gasteiger partial charge in [0.05, 0.1) is 32.7 Å². The van der Waals surface area contributed by atoms with Gasteiger partial charge in [0.25, 0.3) is 0 Å². The zero-order chi connectivity index (χ0) is 40.3. The molecule has 305 valence electrons. The summed E-state index contributed by atoms with van der Waals surface area (Å²) in [6, 6.07) is -6.08. The van der Waals surface area contributed by atoms with E-state index < -0.39 is 129 Å². The molecule has 9 amide bonds. The predicted molar refractivity (Wildman–Crippen MR) is 176 cm³/mol. The molecule has 1 unspecified atom stereocenters. The minimum Gasteiger partial charge on any atom is -0.541 e. The van der Waals surface area contributed by atoms with Crippen LogP contribution in [-0.4, -0.2) is 147 Å². The van der Waals surface area contributed by atoms with Crippen molar-refractivity contribution in [1.82, 2.24) is 47.1 Å². The molecular weight excluding hydrogens is 839 g/mol. The topological polar surface area (TPSA) is 313 Å². The van der Waals surface area contributed by atoms with E-state index in [1.165, 1.54) is 0 Å². The van der Waals surface area contributed by atoms with Crippen LogP contribution in [0.25, 0.3) is 0 Å². The number of amides is 9. The van der Waals surface area contributed by atoms with Crippen LogP contribution in [0.5, 0.6) is 0 Å². The third kappa shape index (κ3) is 23.2. The van der Waals surface area contributed by atoms with Gasteiger partial charge in [-0.15, -0.1) is 5.41 Å². The molecule has 24 heteroatoms. The van der Waals surface area contributed by atoms with E-state index in [1.54, 1.807) is 0 Å². The molecule has 0 aromatic rings. The third-order valence-electron chi connectivity index (χ3n) is 6.70. The Hall–Kier alpha value is -3.60. The van der Waals surface area contributed by atoms with Gasteiger partial charge in [-0.3, -0.25) is 65.1 Å². The van der Waals surface area contributed by atoms with Crippen LogP contribution in [-0.2, 0) is 97.7 Å². The standard InChI is InChI=1S/C25H40N9O12.C5H9O.Fe.Y/c1-13-22(40)26-12-21(39)29-18(6-9-33(45)15(3)36)24(42)31-19(7-10-34(46)16(4)37)25(43)30-17(5-8-32(44)14(2)35)23(41)27-11-20(38)28-13;1-5(2,3)4-6;;/h13,17-19,44-46H,1,5-12H2,2-4H3,(H,26,40)(H,27,41)(H,28,38)(H,29,39)(H,30,43)(H,31,42);1-3H3;;/q2*-1;;/t13?,17-,18-,19-;;;/m0.../s1. The number of carbonyl (C=O) groups excluding carboxylic acids is 10. The van der Waals surface area contributed by atoms with Crippen molar-refractivity contribution in [3.63, 3.8) is 0 Å². The molecule has 0 aliphatic carbocycles. The van der Waals surface area contributed by atoms with E-state index in [1.807, 2.05) is 27.1 Å². The number of carbonyl (C=O) groups is 9. The fourth-order valence-electron chi connectivity index (χ4n) is 3.72. The van der Waals surface area contributed by atoms with Crippen molar-refractivity contribution in [2.24, 2.45) is 5.41 Å².